The van der Waals surface area contributed by atoms with E-state index in [-0.39, 0.29) is 6.04 Å². The molecule has 0 aliphatic heterocycles. The minimum Gasteiger partial charge on any atom is -0.497 e. The highest BCUT2D eigenvalue weighted by molar-refractivity contribution is 6.69. The molecular weight excluding hydrogens is 350 g/mol. The molecular formula is C23H35NO2Si. The van der Waals surface area contributed by atoms with Gasteiger partial charge in [0.05, 0.1) is 18.8 Å². The number of benzene rings is 2. The van der Waals surface area contributed by atoms with E-state index in [0.717, 1.165) is 17.9 Å². The zero-order valence-corrected chi connectivity index (χ0v) is 18.6. The molecule has 148 valence electrons. The summed E-state index contributed by atoms with van der Waals surface area (Å²) >= 11 is 0. The third-order valence-corrected chi connectivity index (χ3v) is 5.24. The van der Waals surface area contributed by atoms with E-state index in [2.05, 4.69) is 74.1 Å². The lowest BCUT2D eigenvalue weighted by Gasteiger charge is -2.37. The monoisotopic (exact) mass is 385 g/mol. The van der Waals surface area contributed by atoms with Gasteiger partial charge in [-0.2, -0.15) is 0 Å². The molecule has 0 radical (unpaired) electrons. The topological polar surface area (TPSA) is 21.7 Å². The second-order valence-electron chi connectivity index (χ2n) is 8.00. The molecule has 0 fully saturated rings. The van der Waals surface area contributed by atoms with Gasteiger partial charge in [0.1, 0.15) is 5.75 Å². The van der Waals surface area contributed by atoms with Gasteiger partial charge in [0, 0.05) is 0 Å². The first-order valence-corrected chi connectivity index (χ1v) is 13.5. The largest absolute Gasteiger partial charge is 0.497 e. The molecule has 0 aliphatic rings. The summed E-state index contributed by atoms with van der Waals surface area (Å²) in [4.78, 5) is 0. The van der Waals surface area contributed by atoms with Crippen LogP contribution in [0, 0.1) is 0 Å². The average molecular weight is 386 g/mol. The zero-order valence-electron chi connectivity index (χ0n) is 17.6. The lowest BCUT2D eigenvalue weighted by molar-refractivity contribution is 0.225. The fourth-order valence-corrected chi connectivity index (χ4v) is 4.00. The minimum absolute atomic E-state index is 0.196. The number of methoxy groups -OCH3 is 1. The van der Waals surface area contributed by atoms with Gasteiger partial charge in [0.2, 0.25) is 8.32 Å². The normalized spacial score (nSPS) is 12.6. The molecule has 0 heterocycles. The summed E-state index contributed by atoms with van der Waals surface area (Å²) < 4.78 is 11.9. The second-order valence-corrected chi connectivity index (χ2v) is 12.4. The van der Waals surface area contributed by atoms with Crippen LogP contribution < -0.4 is 9.80 Å². The van der Waals surface area contributed by atoms with Crippen LogP contribution in [0.5, 0.6) is 5.75 Å². The maximum atomic E-state index is 6.59. The highest BCUT2D eigenvalue weighted by Crippen LogP contribution is 2.34. The first-order valence-electron chi connectivity index (χ1n) is 10.1. The quantitative estimate of drug-likeness (QED) is 0.236. The van der Waals surface area contributed by atoms with E-state index in [1.54, 1.807) is 7.11 Å². The first-order chi connectivity index (χ1) is 12.9. The van der Waals surface area contributed by atoms with Crippen LogP contribution >= 0.6 is 0 Å². The Morgan fingerprint density at radius 2 is 1.56 bits per heavy atom. The molecule has 0 amide bonds. The van der Waals surface area contributed by atoms with Gasteiger partial charge < -0.3 is 9.26 Å². The molecule has 0 spiro atoms. The van der Waals surface area contributed by atoms with Gasteiger partial charge in [-0.05, 0) is 55.9 Å². The smallest absolute Gasteiger partial charge is 0.220 e. The van der Waals surface area contributed by atoms with E-state index < -0.39 is 8.32 Å². The molecule has 2 rings (SSSR count). The Kier molecular flexibility index (Phi) is 8.39. The second kappa shape index (κ2) is 10.5. The van der Waals surface area contributed by atoms with Crippen LogP contribution in [0.2, 0.25) is 19.6 Å². The van der Waals surface area contributed by atoms with Gasteiger partial charge in [-0.15, -0.1) is 0 Å². The van der Waals surface area contributed by atoms with Crippen LogP contribution in [-0.2, 0) is 4.53 Å². The Bertz CT molecular complexity index is 652. The number of ether oxygens (including phenoxy) is 1. The summed E-state index contributed by atoms with van der Waals surface area (Å²) in [6.45, 7) is 8.98. The van der Waals surface area contributed by atoms with E-state index in [9.17, 15) is 0 Å². The Balaban J connectivity index is 2.35. The van der Waals surface area contributed by atoms with E-state index in [4.69, 9.17) is 9.26 Å². The molecule has 4 heteroatoms. The third kappa shape index (κ3) is 7.04. The lowest BCUT2D eigenvalue weighted by atomic mass is 9.99. The first kappa shape index (κ1) is 21.5. The number of hydrogen-bond donors (Lipinski definition) is 0. The molecule has 1 unspecified atom stereocenters. The van der Waals surface area contributed by atoms with Gasteiger partial charge in [-0.25, -0.2) is 0 Å². The van der Waals surface area contributed by atoms with Crippen LogP contribution in [0.4, 0.5) is 5.69 Å². The number of hydroxylamine groups is 1. The van der Waals surface area contributed by atoms with Gasteiger partial charge in [-0.1, -0.05) is 62.9 Å². The maximum Gasteiger partial charge on any atom is 0.220 e. The van der Waals surface area contributed by atoms with Crippen molar-refractivity contribution in [3.05, 3.63) is 60.2 Å². The maximum absolute atomic E-state index is 6.59. The average Bonchev–Trinajstić information content (AvgIpc) is 2.67. The third-order valence-electron chi connectivity index (χ3n) is 4.50. The molecule has 2 aromatic carbocycles. The Morgan fingerprint density at radius 1 is 0.889 bits per heavy atom. The van der Waals surface area contributed by atoms with Crippen LogP contribution in [0.1, 0.15) is 50.6 Å². The highest BCUT2D eigenvalue weighted by atomic mass is 28.4. The number of para-hydroxylation sites is 1. The Hall–Kier alpha value is -1.78. The van der Waals surface area contributed by atoms with Crippen molar-refractivity contribution in [3.63, 3.8) is 0 Å². The fraction of sp³-hybridized carbons (Fsp3) is 0.478. The summed E-state index contributed by atoms with van der Waals surface area (Å²) in [5.74, 6) is 0.890. The van der Waals surface area contributed by atoms with Crippen molar-refractivity contribution >= 4 is 14.0 Å². The molecule has 0 N–H and O–H groups in total. The van der Waals surface area contributed by atoms with Crippen molar-refractivity contribution in [2.24, 2.45) is 0 Å². The lowest BCUT2D eigenvalue weighted by Crippen LogP contribution is -2.40. The highest BCUT2D eigenvalue weighted by Gasteiger charge is 2.27. The standard InChI is InChI=1S/C23H35NO2Si/c1-6-7-8-12-15-23(20-16-18-22(25-2)19-17-20)24(26-27(3,4)5)21-13-10-9-11-14-21/h9-11,13-14,16-19,23H,6-8,12,15H2,1-5H3. The molecule has 0 aromatic heterocycles. The van der Waals surface area contributed by atoms with Gasteiger partial charge in [0.15, 0.2) is 0 Å². The van der Waals surface area contributed by atoms with E-state index in [0.29, 0.717) is 0 Å². The summed E-state index contributed by atoms with van der Waals surface area (Å²) in [7, 11) is -0.0596. The summed E-state index contributed by atoms with van der Waals surface area (Å²) in [5, 5.41) is 2.17. The molecule has 1 atom stereocenters. The minimum atomic E-state index is -1.77. The predicted octanol–water partition coefficient (Wildman–Crippen LogP) is 6.98. The number of anilines is 1. The van der Waals surface area contributed by atoms with Crippen molar-refractivity contribution in [1.29, 1.82) is 0 Å². The Morgan fingerprint density at radius 3 is 2.11 bits per heavy atom. The number of hydrogen-bond acceptors (Lipinski definition) is 3. The molecule has 0 aliphatic carbocycles. The van der Waals surface area contributed by atoms with Crippen LogP contribution in [0.3, 0.4) is 0 Å². The van der Waals surface area contributed by atoms with Crippen LogP contribution in [0.25, 0.3) is 0 Å². The number of rotatable bonds is 11. The van der Waals surface area contributed by atoms with Crippen LogP contribution in [-0.4, -0.2) is 15.4 Å². The van der Waals surface area contributed by atoms with Crippen molar-refractivity contribution in [2.75, 3.05) is 12.2 Å². The van der Waals surface area contributed by atoms with Crippen molar-refractivity contribution in [3.8, 4) is 5.75 Å². The van der Waals surface area contributed by atoms with Crippen molar-refractivity contribution < 1.29 is 9.26 Å². The molecule has 27 heavy (non-hydrogen) atoms. The summed E-state index contributed by atoms with van der Waals surface area (Å²) in [5.41, 5.74) is 2.39. The SMILES string of the molecule is CCCCCCC(c1ccc(OC)cc1)N(O[Si](C)(C)C)c1ccccc1. The fourth-order valence-electron chi connectivity index (χ4n) is 3.18. The van der Waals surface area contributed by atoms with Gasteiger partial charge in [0.25, 0.3) is 0 Å². The summed E-state index contributed by atoms with van der Waals surface area (Å²) in [6, 6.07) is 19.1. The van der Waals surface area contributed by atoms with E-state index >= 15 is 0 Å². The number of unbranched alkanes of at least 4 members (excludes halogenated alkanes) is 3. The molecule has 0 bridgehead atoms. The predicted molar refractivity (Wildman–Crippen MR) is 118 cm³/mol. The van der Waals surface area contributed by atoms with Crippen molar-refractivity contribution in [2.45, 2.75) is 64.7 Å². The molecule has 0 saturated carbocycles. The molecule has 3 nitrogen and oxygen atoms in total. The van der Waals surface area contributed by atoms with E-state index in [1.165, 1.54) is 31.2 Å². The number of nitrogens with zero attached hydrogens (tertiary/aromatic N) is 1. The van der Waals surface area contributed by atoms with Crippen molar-refractivity contribution in [1.82, 2.24) is 0 Å². The van der Waals surface area contributed by atoms with E-state index in [1.807, 2.05) is 12.1 Å². The van der Waals surface area contributed by atoms with Crippen LogP contribution in [0.15, 0.2) is 54.6 Å². The molecule has 0 saturated heterocycles. The molecule has 2 aromatic rings. The van der Waals surface area contributed by atoms with Gasteiger partial charge in [-0.3, -0.25) is 5.06 Å². The summed E-state index contributed by atoms with van der Waals surface area (Å²) in [6.07, 6.45) is 6.07. The Labute approximate surface area is 166 Å². The zero-order chi connectivity index (χ0) is 19.7. The van der Waals surface area contributed by atoms with Gasteiger partial charge >= 0.3 is 0 Å².